The van der Waals surface area contributed by atoms with E-state index in [2.05, 4.69) is 10.6 Å². The molecule has 0 atom stereocenters. The summed E-state index contributed by atoms with van der Waals surface area (Å²) in [5, 5.41) is 14.2. The molecule has 1 aromatic rings. The SMILES string of the molecule is CN(C)C(C)(C)CNC(=O)Nc1ccc(C(=O)O)cc1. The lowest BCUT2D eigenvalue weighted by Crippen LogP contribution is -2.49. The Hall–Kier alpha value is -2.08. The summed E-state index contributed by atoms with van der Waals surface area (Å²) in [5.74, 6) is -0.992. The van der Waals surface area contributed by atoms with Crippen LogP contribution in [0.5, 0.6) is 0 Å². The number of benzene rings is 1. The molecule has 0 unspecified atom stereocenters. The van der Waals surface area contributed by atoms with Crippen molar-refractivity contribution in [2.45, 2.75) is 19.4 Å². The Labute approximate surface area is 118 Å². The zero-order valence-corrected chi connectivity index (χ0v) is 12.2. The predicted molar refractivity (Wildman–Crippen MR) is 78.2 cm³/mol. The van der Waals surface area contributed by atoms with Gasteiger partial charge in [-0.3, -0.25) is 0 Å². The third kappa shape index (κ3) is 4.55. The fourth-order valence-electron chi connectivity index (χ4n) is 1.33. The number of likely N-dealkylation sites (N-methyl/N-ethyl adjacent to an activating group) is 1. The van der Waals surface area contributed by atoms with Crippen LogP contribution in [0.4, 0.5) is 10.5 Å². The van der Waals surface area contributed by atoms with Gasteiger partial charge in [-0.25, -0.2) is 9.59 Å². The van der Waals surface area contributed by atoms with E-state index in [1.54, 1.807) is 12.1 Å². The highest BCUT2D eigenvalue weighted by Crippen LogP contribution is 2.10. The Kier molecular flexibility index (Phi) is 5.10. The van der Waals surface area contributed by atoms with Gasteiger partial charge in [0.1, 0.15) is 0 Å². The Balaban J connectivity index is 2.52. The van der Waals surface area contributed by atoms with E-state index in [4.69, 9.17) is 5.11 Å². The number of carbonyl (C=O) groups excluding carboxylic acids is 1. The number of urea groups is 1. The monoisotopic (exact) mass is 279 g/mol. The molecule has 0 radical (unpaired) electrons. The highest BCUT2D eigenvalue weighted by molar-refractivity contribution is 5.91. The van der Waals surface area contributed by atoms with Gasteiger partial charge in [0.2, 0.25) is 0 Å². The van der Waals surface area contributed by atoms with Crippen molar-refractivity contribution >= 4 is 17.7 Å². The summed E-state index contributed by atoms with van der Waals surface area (Å²) in [4.78, 5) is 24.5. The average molecular weight is 279 g/mol. The third-order valence-electron chi connectivity index (χ3n) is 3.28. The Bertz CT molecular complexity index is 481. The first-order chi connectivity index (χ1) is 9.22. The molecular weight excluding hydrogens is 258 g/mol. The van der Waals surface area contributed by atoms with E-state index in [-0.39, 0.29) is 17.1 Å². The van der Waals surface area contributed by atoms with Gasteiger partial charge in [0, 0.05) is 17.8 Å². The second-order valence-electron chi connectivity index (χ2n) is 5.40. The molecule has 0 aliphatic carbocycles. The molecule has 0 bridgehead atoms. The molecule has 0 saturated carbocycles. The summed E-state index contributed by atoms with van der Waals surface area (Å²) in [6, 6.07) is 5.69. The van der Waals surface area contributed by atoms with Crippen LogP contribution in [0, 0.1) is 0 Å². The number of amides is 2. The van der Waals surface area contributed by atoms with Crippen LogP contribution >= 0.6 is 0 Å². The lowest BCUT2D eigenvalue weighted by atomic mass is 10.1. The zero-order chi connectivity index (χ0) is 15.3. The summed E-state index contributed by atoms with van der Waals surface area (Å²) in [5.41, 5.74) is 0.588. The van der Waals surface area contributed by atoms with Crippen LogP contribution in [-0.4, -0.2) is 48.2 Å². The first kappa shape index (κ1) is 16.0. The van der Waals surface area contributed by atoms with Gasteiger partial charge in [-0.15, -0.1) is 0 Å². The summed E-state index contributed by atoms with van der Waals surface area (Å²) < 4.78 is 0. The van der Waals surface area contributed by atoms with Gasteiger partial charge in [-0.2, -0.15) is 0 Å². The maximum Gasteiger partial charge on any atom is 0.335 e. The van der Waals surface area contributed by atoms with Crippen molar-refractivity contribution in [1.29, 1.82) is 0 Å². The maximum atomic E-state index is 11.7. The van der Waals surface area contributed by atoms with Crippen molar-refractivity contribution in [2.24, 2.45) is 0 Å². The molecule has 110 valence electrons. The number of aromatic carboxylic acids is 1. The van der Waals surface area contributed by atoms with Crippen molar-refractivity contribution in [3.8, 4) is 0 Å². The lowest BCUT2D eigenvalue weighted by molar-refractivity contribution is 0.0697. The van der Waals surface area contributed by atoms with Crippen LogP contribution in [-0.2, 0) is 0 Å². The first-order valence-electron chi connectivity index (χ1n) is 6.28. The number of carbonyl (C=O) groups is 2. The molecule has 0 aliphatic rings. The minimum atomic E-state index is -0.992. The molecule has 0 spiro atoms. The van der Waals surface area contributed by atoms with Gasteiger partial charge < -0.3 is 20.6 Å². The second kappa shape index (κ2) is 6.38. The highest BCUT2D eigenvalue weighted by Gasteiger charge is 2.20. The summed E-state index contributed by atoms with van der Waals surface area (Å²) in [6.07, 6.45) is 0. The fourth-order valence-corrected chi connectivity index (χ4v) is 1.33. The van der Waals surface area contributed by atoms with Gasteiger partial charge in [0.25, 0.3) is 0 Å². The summed E-state index contributed by atoms with van der Waals surface area (Å²) in [6.45, 7) is 4.54. The van der Waals surface area contributed by atoms with Crippen LogP contribution in [0.1, 0.15) is 24.2 Å². The van der Waals surface area contributed by atoms with E-state index in [9.17, 15) is 9.59 Å². The highest BCUT2D eigenvalue weighted by atomic mass is 16.4. The van der Waals surface area contributed by atoms with Crippen molar-refractivity contribution in [2.75, 3.05) is 26.0 Å². The van der Waals surface area contributed by atoms with Crippen molar-refractivity contribution in [1.82, 2.24) is 10.2 Å². The molecule has 1 rings (SSSR count). The average Bonchev–Trinajstić information content (AvgIpc) is 2.37. The van der Waals surface area contributed by atoms with E-state index < -0.39 is 5.97 Å². The first-order valence-corrected chi connectivity index (χ1v) is 6.28. The Morgan fingerprint density at radius 1 is 1.20 bits per heavy atom. The molecule has 6 heteroatoms. The second-order valence-corrected chi connectivity index (χ2v) is 5.40. The molecule has 2 amide bonds. The van der Waals surface area contributed by atoms with Crippen molar-refractivity contribution in [3.05, 3.63) is 29.8 Å². The van der Waals surface area contributed by atoms with E-state index in [0.717, 1.165) is 0 Å². The number of anilines is 1. The quantitative estimate of drug-likeness (QED) is 0.768. The van der Waals surface area contributed by atoms with E-state index in [1.807, 2.05) is 32.8 Å². The molecular formula is C14H21N3O3. The predicted octanol–water partition coefficient (Wildman–Crippen LogP) is 1.85. The van der Waals surface area contributed by atoms with Gasteiger partial charge >= 0.3 is 12.0 Å². The zero-order valence-electron chi connectivity index (χ0n) is 12.2. The molecule has 0 aliphatic heterocycles. The number of nitrogens with one attached hydrogen (secondary N) is 2. The number of hydrogen-bond donors (Lipinski definition) is 3. The van der Waals surface area contributed by atoms with Crippen molar-refractivity contribution in [3.63, 3.8) is 0 Å². The fraction of sp³-hybridized carbons (Fsp3) is 0.429. The maximum absolute atomic E-state index is 11.7. The van der Waals surface area contributed by atoms with Crippen LogP contribution in [0.3, 0.4) is 0 Å². The van der Waals surface area contributed by atoms with Gasteiger partial charge in [0.05, 0.1) is 5.56 Å². The normalized spacial score (nSPS) is 11.2. The van der Waals surface area contributed by atoms with Gasteiger partial charge in [-0.1, -0.05) is 0 Å². The summed E-state index contributed by atoms with van der Waals surface area (Å²) >= 11 is 0. The van der Waals surface area contributed by atoms with Gasteiger partial charge in [-0.05, 0) is 52.2 Å². The van der Waals surface area contributed by atoms with E-state index >= 15 is 0 Å². The van der Waals surface area contributed by atoms with E-state index in [0.29, 0.717) is 12.2 Å². The molecule has 0 heterocycles. The minimum absolute atomic E-state index is 0.148. The standard InChI is InChI=1S/C14H21N3O3/c1-14(2,17(3)4)9-15-13(20)16-11-7-5-10(6-8-11)12(18)19/h5-8H,9H2,1-4H3,(H,18,19)(H2,15,16,20). The van der Waals surface area contributed by atoms with Gasteiger partial charge in [0.15, 0.2) is 0 Å². The number of hydrogen-bond acceptors (Lipinski definition) is 3. The largest absolute Gasteiger partial charge is 0.478 e. The van der Waals surface area contributed by atoms with E-state index in [1.165, 1.54) is 12.1 Å². The number of carboxylic acids is 1. The Morgan fingerprint density at radius 2 is 1.75 bits per heavy atom. The Morgan fingerprint density at radius 3 is 2.20 bits per heavy atom. The molecule has 0 fully saturated rings. The molecule has 1 aromatic carbocycles. The number of nitrogens with zero attached hydrogens (tertiary/aromatic N) is 1. The topological polar surface area (TPSA) is 81.7 Å². The van der Waals surface area contributed by atoms with Crippen LogP contribution in [0.2, 0.25) is 0 Å². The number of rotatable bonds is 5. The molecule has 0 aromatic heterocycles. The lowest BCUT2D eigenvalue weighted by Gasteiger charge is -2.32. The van der Waals surface area contributed by atoms with Crippen LogP contribution in [0.15, 0.2) is 24.3 Å². The third-order valence-corrected chi connectivity index (χ3v) is 3.28. The van der Waals surface area contributed by atoms with Crippen LogP contribution in [0.25, 0.3) is 0 Å². The molecule has 0 saturated heterocycles. The van der Waals surface area contributed by atoms with Crippen molar-refractivity contribution < 1.29 is 14.7 Å². The minimum Gasteiger partial charge on any atom is -0.478 e. The smallest absolute Gasteiger partial charge is 0.335 e. The number of carboxylic acid groups (broad SMARTS) is 1. The molecule has 6 nitrogen and oxygen atoms in total. The molecule has 20 heavy (non-hydrogen) atoms. The van der Waals surface area contributed by atoms with Crippen LogP contribution < -0.4 is 10.6 Å². The summed E-state index contributed by atoms with van der Waals surface area (Å²) in [7, 11) is 3.90. The molecule has 3 N–H and O–H groups in total.